The summed E-state index contributed by atoms with van der Waals surface area (Å²) in [5.41, 5.74) is 0.836. The zero-order valence-corrected chi connectivity index (χ0v) is 17.9. The number of hydrogen-bond donors (Lipinski definition) is 1. The SMILES string of the molecule is CC(C)(C(=O)N1CCOCC1)S(=O)(=O)c1ccc(N2CC[C@H](O)C2)c(Br)c1. The van der Waals surface area contributed by atoms with Crippen molar-refractivity contribution in [1.82, 2.24) is 4.90 Å². The Morgan fingerprint density at radius 2 is 1.93 bits per heavy atom. The molecule has 0 aliphatic carbocycles. The van der Waals surface area contributed by atoms with Gasteiger partial charge in [-0.15, -0.1) is 0 Å². The van der Waals surface area contributed by atoms with Gasteiger partial charge >= 0.3 is 0 Å². The number of aliphatic hydroxyl groups is 1. The first-order valence-corrected chi connectivity index (χ1v) is 11.3. The van der Waals surface area contributed by atoms with Gasteiger partial charge in [0.05, 0.1) is 29.9 Å². The van der Waals surface area contributed by atoms with Crippen LogP contribution in [0.15, 0.2) is 27.6 Å². The molecule has 2 fully saturated rings. The molecule has 1 N–H and O–H groups in total. The molecule has 1 amide bonds. The number of anilines is 1. The Morgan fingerprint density at radius 1 is 1.26 bits per heavy atom. The van der Waals surface area contributed by atoms with Crippen molar-refractivity contribution >= 4 is 37.4 Å². The van der Waals surface area contributed by atoms with Crippen molar-refractivity contribution in [3.05, 3.63) is 22.7 Å². The molecule has 2 aliphatic heterocycles. The number of benzene rings is 1. The molecule has 0 bridgehead atoms. The summed E-state index contributed by atoms with van der Waals surface area (Å²) in [6, 6.07) is 4.81. The first-order chi connectivity index (χ1) is 12.6. The molecule has 0 unspecified atom stereocenters. The molecule has 150 valence electrons. The largest absolute Gasteiger partial charge is 0.391 e. The number of β-amino-alcohol motifs (C(OH)–C–C–N with tert-alkyl or cyclic N) is 1. The number of ether oxygens (including phenoxy) is 1. The molecule has 1 aromatic rings. The number of rotatable bonds is 4. The highest BCUT2D eigenvalue weighted by molar-refractivity contribution is 9.10. The third-order valence-electron chi connectivity index (χ3n) is 5.22. The van der Waals surface area contributed by atoms with Crippen molar-refractivity contribution in [2.75, 3.05) is 44.3 Å². The molecule has 7 nitrogen and oxygen atoms in total. The summed E-state index contributed by atoms with van der Waals surface area (Å²) in [6.45, 7) is 5.79. The van der Waals surface area contributed by atoms with E-state index < -0.39 is 20.5 Å². The number of amides is 1. The van der Waals surface area contributed by atoms with Crippen LogP contribution in [0.4, 0.5) is 5.69 Å². The minimum atomic E-state index is -3.89. The normalized spacial score (nSPS) is 21.6. The van der Waals surface area contributed by atoms with Crippen LogP contribution < -0.4 is 4.90 Å². The van der Waals surface area contributed by atoms with E-state index in [0.717, 1.165) is 5.69 Å². The summed E-state index contributed by atoms with van der Waals surface area (Å²) in [7, 11) is -3.89. The van der Waals surface area contributed by atoms with Crippen LogP contribution in [0.1, 0.15) is 20.3 Å². The van der Waals surface area contributed by atoms with Crippen LogP contribution in [0, 0.1) is 0 Å². The van der Waals surface area contributed by atoms with Crippen LogP contribution in [-0.2, 0) is 19.4 Å². The Labute approximate surface area is 168 Å². The third kappa shape index (κ3) is 3.87. The van der Waals surface area contributed by atoms with Crippen molar-refractivity contribution in [1.29, 1.82) is 0 Å². The van der Waals surface area contributed by atoms with E-state index in [-0.39, 0.29) is 11.0 Å². The number of hydrogen-bond acceptors (Lipinski definition) is 6. The topological polar surface area (TPSA) is 87.2 Å². The second-order valence-corrected chi connectivity index (χ2v) is 10.8. The van der Waals surface area contributed by atoms with E-state index in [9.17, 15) is 18.3 Å². The number of aliphatic hydroxyl groups excluding tert-OH is 1. The zero-order chi connectivity index (χ0) is 19.8. The predicted octanol–water partition coefficient (Wildman–Crippen LogP) is 1.43. The average molecular weight is 461 g/mol. The monoisotopic (exact) mass is 460 g/mol. The lowest BCUT2D eigenvalue weighted by Gasteiger charge is -2.34. The highest BCUT2D eigenvalue weighted by Crippen LogP contribution is 2.35. The van der Waals surface area contributed by atoms with E-state index in [0.29, 0.717) is 50.3 Å². The van der Waals surface area contributed by atoms with Gasteiger partial charge in [-0.2, -0.15) is 0 Å². The summed E-state index contributed by atoms with van der Waals surface area (Å²) in [6.07, 6.45) is 0.318. The summed E-state index contributed by atoms with van der Waals surface area (Å²) < 4.78 is 30.7. The molecule has 9 heteroatoms. The number of carbonyl (C=O) groups excluding carboxylic acids is 1. The molecule has 2 aliphatic rings. The standard InChI is InChI=1S/C18H25BrN2O5S/c1-18(2,17(23)20-7-9-26-10-8-20)27(24,25)14-3-4-16(15(19)11-14)21-6-5-13(22)12-21/h3-4,11,13,22H,5-10,12H2,1-2H3/t13-/m0/s1. The van der Waals surface area contributed by atoms with Gasteiger partial charge in [0, 0.05) is 30.7 Å². The van der Waals surface area contributed by atoms with Crippen molar-refractivity contribution in [3.8, 4) is 0 Å². The van der Waals surface area contributed by atoms with Gasteiger partial charge in [0.2, 0.25) is 5.91 Å². The van der Waals surface area contributed by atoms with E-state index in [2.05, 4.69) is 15.9 Å². The molecule has 0 spiro atoms. The second kappa shape index (κ2) is 7.69. The summed E-state index contributed by atoms with van der Waals surface area (Å²) >= 11 is 3.45. The molecule has 1 atom stereocenters. The molecule has 0 aromatic heterocycles. The van der Waals surface area contributed by atoms with Crippen LogP contribution in [0.25, 0.3) is 0 Å². The summed E-state index contributed by atoms with van der Waals surface area (Å²) in [4.78, 5) is 16.5. The Morgan fingerprint density at radius 3 is 2.48 bits per heavy atom. The lowest BCUT2D eigenvalue weighted by atomic mass is 10.1. The van der Waals surface area contributed by atoms with E-state index in [1.165, 1.54) is 19.9 Å². The Balaban J connectivity index is 1.87. The molecular formula is C18H25BrN2O5S. The third-order valence-corrected chi connectivity index (χ3v) is 8.25. The van der Waals surface area contributed by atoms with Crippen molar-refractivity contribution < 1.29 is 23.1 Å². The first kappa shape index (κ1) is 20.6. The number of morpholine rings is 1. The van der Waals surface area contributed by atoms with Crippen LogP contribution in [0.2, 0.25) is 0 Å². The number of halogens is 1. The number of nitrogens with zero attached hydrogens (tertiary/aromatic N) is 2. The highest BCUT2D eigenvalue weighted by atomic mass is 79.9. The van der Waals surface area contributed by atoms with E-state index >= 15 is 0 Å². The molecule has 0 radical (unpaired) electrons. The van der Waals surface area contributed by atoms with Crippen molar-refractivity contribution in [3.63, 3.8) is 0 Å². The summed E-state index contributed by atoms with van der Waals surface area (Å²) in [5.74, 6) is -0.409. The first-order valence-electron chi connectivity index (χ1n) is 8.99. The quantitative estimate of drug-likeness (QED) is 0.730. The second-order valence-electron chi connectivity index (χ2n) is 7.42. The van der Waals surface area contributed by atoms with Gasteiger partial charge in [0.1, 0.15) is 4.75 Å². The fourth-order valence-electron chi connectivity index (χ4n) is 3.43. The smallest absolute Gasteiger partial charge is 0.244 e. The van der Waals surface area contributed by atoms with Crippen LogP contribution >= 0.6 is 15.9 Å². The van der Waals surface area contributed by atoms with Gasteiger partial charge in [0.15, 0.2) is 9.84 Å². The lowest BCUT2D eigenvalue weighted by molar-refractivity contribution is -0.137. The van der Waals surface area contributed by atoms with E-state index in [4.69, 9.17) is 4.74 Å². The molecular weight excluding hydrogens is 436 g/mol. The van der Waals surface area contributed by atoms with Gasteiger partial charge in [0.25, 0.3) is 0 Å². The van der Waals surface area contributed by atoms with Gasteiger partial charge in [-0.25, -0.2) is 8.42 Å². The maximum absolute atomic E-state index is 13.2. The molecule has 27 heavy (non-hydrogen) atoms. The maximum Gasteiger partial charge on any atom is 0.244 e. The fraction of sp³-hybridized carbons (Fsp3) is 0.611. The van der Waals surface area contributed by atoms with E-state index in [1.54, 1.807) is 17.0 Å². The van der Waals surface area contributed by atoms with Crippen LogP contribution in [0.5, 0.6) is 0 Å². The predicted molar refractivity (Wildman–Crippen MR) is 106 cm³/mol. The Hall–Kier alpha value is -1.16. The average Bonchev–Trinajstić information content (AvgIpc) is 3.07. The van der Waals surface area contributed by atoms with E-state index in [1.807, 2.05) is 4.90 Å². The minimum Gasteiger partial charge on any atom is -0.391 e. The maximum atomic E-state index is 13.2. The highest BCUT2D eigenvalue weighted by Gasteiger charge is 2.45. The number of sulfone groups is 1. The lowest BCUT2D eigenvalue weighted by Crippen LogP contribution is -2.53. The molecule has 2 saturated heterocycles. The van der Waals surface area contributed by atoms with Gasteiger partial charge < -0.3 is 19.6 Å². The van der Waals surface area contributed by atoms with Crippen LogP contribution in [-0.4, -0.2) is 74.6 Å². The van der Waals surface area contributed by atoms with Gasteiger partial charge in [-0.3, -0.25) is 4.79 Å². The van der Waals surface area contributed by atoms with Gasteiger partial charge in [-0.05, 0) is 54.4 Å². The summed E-state index contributed by atoms with van der Waals surface area (Å²) in [5, 5.41) is 9.72. The Kier molecular flexibility index (Phi) is 5.86. The molecule has 2 heterocycles. The van der Waals surface area contributed by atoms with Crippen LogP contribution in [0.3, 0.4) is 0 Å². The van der Waals surface area contributed by atoms with Crippen molar-refractivity contribution in [2.45, 2.75) is 36.0 Å². The zero-order valence-electron chi connectivity index (χ0n) is 15.5. The molecule has 0 saturated carbocycles. The fourth-order valence-corrected chi connectivity index (χ4v) is 5.68. The van der Waals surface area contributed by atoms with Gasteiger partial charge in [-0.1, -0.05) is 0 Å². The minimum absolute atomic E-state index is 0.101. The Bertz CT molecular complexity index is 821. The number of carbonyl (C=O) groups is 1. The molecule has 3 rings (SSSR count). The molecule has 1 aromatic carbocycles. The van der Waals surface area contributed by atoms with Crippen molar-refractivity contribution in [2.24, 2.45) is 0 Å².